The third kappa shape index (κ3) is 1.02. The Bertz CT molecular complexity index is 516. The van der Waals surface area contributed by atoms with E-state index in [4.69, 9.17) is 10.8 Å². The Morgan fingerprint density at radius 1 is 1.57 bits per heavy atom. The quantitative estimate of drug-likeness (QED) is 0.702. The maximum absolute atomic E-state index is 10.9. The van der Waals surface area contributed by atoms with Crippen LogP contribution in [-0.4, -0.2) is 20.5 Å². The number of aromatic carboxylic acids is 1. The maximum Gasteiger partial charge on any atom is 0.354 e. The molecule has 0 aliphatic heterocycles. The molecule has 0 saturated heterocycles. The van der Waals surface area contributed by atoms with Gasteiger partial charge in [-0.05, 0) is 19.1 Å². The van der Waals surface area contributed by atoms with E-state index in [1.165, 1.54) is 4.40 Å². The molecule has 14 heavy (non-hydrogen) atoms. The minimum absolute atomic E-state index is 0.123. The van der Waals surface area contributed by atoms with Crippen molar-refractivity contribution in [3.05, 3.63) is 29.6 Å². The van der Waals surface area contributed by atoms with Crippen LogP contribution in [0.5, 0.6) is 0 Å². The second kappa shape index (κ2) is 2.73. The van der Waals surface area contributed by atoms with E-state index in [9.17, 15) is 4.79 Å². The third-order valence-corrected chi connectivity index (χ3v) is 2.05. The number of carbonyl (C=O) groups is 1. The molecule has 0 bridgehead atoms. The molecule has 0 fully saturated rings. The minimum atomic E-state index is -1.02. The van der Waals surface area contributed by atoms with Gasteiger partial charge in [0.1, 0.15) is 11.5 Å². The van der Waals surface area contributed by atoms with Crippen molar-refractivity contribution in [2.24, 2.45) is 0 Å². The first-order valence-electron chi connectivity index (χ1n) is 4.08. The van der Waals surface area contributed by atoms with Gasteiger partial charge < -0.3 is 10.8 Å². The first-order valence-corrected chi connectivity index (χ1v) is 4.08. The number of aromatic nitrogens is 2. The molecule has 0 spiro atoms. The zero-order valence-electron chi connectivity index (χ0n) is 7.56. The number of nitrogens with two attached hydrogens (primary N) is 1. The summed E-state index contributed by atoms with van der Waals surface area (Å²) in [5, 5.41) is 8.96. The van der Waals surface area contributed by atoms with Gasteiger partial charge in [0.05, 0.1) is 5.69 Å². The smallest absolute Gasteiger partial charge is 0.354 e. The molecule has 3 N–H and O–H groups in total. The topological polar surface area (TPSA) is 80.6 Å². The van der Waals surface area contributed by atoms with Gasteiger partial charge in [-0.2, -0.15) is 0 Å². The highest BCUT2D eigenvalue weighted by Crippen LogP contribution is 2.15. The first kappa shape index (κ1) is 8.55. The number of nitrogens with zero attached hydrogens (tertiary/aromatic N) is 2. The van der Waals surface area contributed by atoms with E-state index in [0.29, 0.717) is 17.2 Å². The Kier molecular flexibility index (Phi) is 1.67. The molecule has 2 rings (SSSR count). The SMILES string of the molecule is Cc1nc2cccc(N)n2c1C(=O)O. The summed E-state index contributed by atoms with van der Waals surface area (Å²) in [6.07, 6.45) is 0. The molecule has 2 aromatic heterocycles. The summed E-state index contributed by atoms with van der Waals surface area (Å²) in [4.78, 5) is 15.0. The lowest BCUT2D eigenvalue weighted by atomic mass is 10.3. The van der Waals surface area contributed by atoms with Gasteiger partial charge in [0.2, 0.25) is 0 Å². The van der Waals surface area contributed by atoms with Crippen LogP contribution in [0.25, 0.3) is 5.65 Å². The van der Waals surface area contributed by atoms with Gasteiger partial charge in [0.15, 0.2) is 5.69 Å². The average molecular weight is 191 g/mol. The normalized spacial score (nSPS) is 10.6. The van der Waals surface area contributed by atoms with E-state index in [2.05, 4.69) is 4.98 Å². The van der Waals surface area contributed by atoms with Crippen molar-refractivity contribution in [1.29, 1.82) is 0 Å². The number of hydrogen-bond donors (Lipinski definition) is 2. The van der Waals surface area contributed by atoms with E-state index < -0.39 is 5.97 Å². The molecule has 5 heteroatoms. The summed E-state index contributed by atoms with van der Waals surface area (Å²) in [5.74, 6) is -0.645. The third-order valence-electron chi connectivity index (χ3n) is 2.05. The zero-order chi connectivity index (χ0) is 10.3. The van der Waals surface area contributed by atoms with Gasteiger partial charge in [-0.3, -0.25) is 4.40 Å². The number of aryl methyl sites for hydroxylation is 1. The number of imidazole rings is 1. The van der Waals surface area contributed by atoms with Crippen molar-refractivity contribution in [1.82, 2.24) is 9.38 Å². The van der Waals surface area contributed by atoms with Crippen LogP contribution in [-0.2, 0) is 0 Å². The molecule has 72 valence electrons. The fraction of sp³-hybridized carbons (Fsp3) is 0.111. The van der Waals surface area contributed by atoms with Crippen molar-refractivity contribution >= 4 is 17.4 Å². The van der Waals surface area contributed by atoms with Gasteiger partial charge in [-0.1, -0.05) is 6.07 Å². The van der Waals surface area contributed by atoms with Crippen LogP contribution in [0.3, 0.4) is 0 Å². The van der Waals surface area contributed by atoms with Gasteiger partial charge in [-0.25, -0.2) is 9.78 Å². The van der Waals surface area contributed by atoms with E-state index in [1.54, 1.807) is 25.1 Å². The number of nitrogen functional groups attached to an aromatic ring is 1. The number of carboxylic acids is 1. The van der Waals surface area contributed by atoms with Gasteiger partial charge >= 0.3 is 5.97 Å². The highest BCUT2D eigenvalue weighted by Gasteiger charge is 2.16. The van der Waals surface area contributed by atoms with Crippen molar-refractivity contribution in [3.8, 4) is 0 Å². The van der Waals surface area contributed by atoms with Gasteiger partial charge in [0.25, 0.3) is 0 Å². The fourth-order valence-electron chi connectivity index (χ4n) is 1.48. The molecule has 0 saturated carbocycles. The molecule has 0 atom stereocenters. The molecular formula is C9H9N3O2. The number of anilines is 1. The number of fused-ring (bicyclic) bond motifs is 1. The fourth-order valence-corrected chi connectivity index (χ4v) is 1.48. The Morgan fingerprint density at radius 3 is 2.93 bits per heavy atom. The van der Waals surface area contributed by atoms with Crippen molar-refractivity contribution in [2.75, 3.05) is 5.73 Å². The van der Waals surface area contributed by atoms with Crippen LogP contribution < -0.4 is 5.73 Å². The van der Waals surface area contributed by atoms with Crippen LogP contribution in [0, 0.1) is 6.92 Å². The van der Waals surface area contributed by atoms with Crippen molar-refractivity contribution in [3.63, 3.8) is 0 Å². The molecule has 0 amide bonds. The standard InChI is InChI=1S/C9H9N3O2/c1-5-8(9(13)14)12-6(10)3-2-4-7(12)11-5/h2-4H,10H2,1H3,(H,13,14). The molecule has 5 nitrogen and oxygen atoms in total. The number of rotatable bonds is 1. The summed E-state index contributed by atoms with van der Waals surface area (Å²) in [7, 11) is 0. The van der Waals surface area contributed by atoms with Crippen LogP contribution in [0.4, 0.5) is 5.82 Å². The largest absolute Gasteiger partial charge is 0.477 e. The first-order chi connectivity index (χ1) is 6.61. The predicted octanol–water partition coefficient (Wildman–Crippen LogP) is 0.923. The zero-order valence-corrected chi connectivity index (χ0v) is 7.56. The lowest BCUT2D eigenvalue weighted by Crippen LogP contribution is -2.06. The Balaban J connectivity index is 2.93. The second-order valence-electron chi connectivity index (χ2n) is 3.00. The van der Waals surface area contributed by atoms with Crippen LogP contribution in [0.2, 0.25) is 0 Å². The predicted molar refractivity (Wildman–Crippen MR) is 51.3 cm³/mol. The average Bonchev–Trinajstić information content (AvgIpc) is 2.42. The molecule has 0 unspecified atom stereocenters. The van der Waals surface area contributed by atoms with Crippen molar-refractivity contribution < 1.29 is 9.90 Å². The van der Waals surface area contributed by atoms with Crippen molar-refractivity contribution in [2.45, 2.75) is 6.92 Å². The van der Waals surface area contributed by atoms with E-state index >= 15 is 0 Å². The molecule has 2 aromatic rings. The van der Waals surface area contributed by atoms with E-state index in [1.807, 2.05) is 0 Å². The summed E-state index contributed by atoms with van der Waals surface area (Å²) in [6, 6.07) is 5.10. The maximum atomic E-state index is 10.9. The van der Waals surface area contributed by atoms with Crippen LogP contribution in [0.15, 0.2) is 18.2 Å². The molecular weight excluding hydrogens is 182 g/mol. The monoisotopic (exact) mass is 191 g/mol. The Hall–Kier alpha value is -2.04. The summed E-state index contributed by atoms with van der Waals surface area (Å²) in [5.41, 5.74) is 6.81. The van der Waals surface area contributed by atoms with Crippen LogP contribution >= 0.6 is 0 Å². The molecule has 0 aromatic carbocycles. The van der Waals surface area contributed by atoms with Gasteiger partial charge in [-0.15, -0.1) is 0 Å². The highest BCUT2D eigenvalue weighted by molar-refractivity contribution is 5.89. The molecule has 2 heterocycles. The number of carboxylic acid groups (broad SMARTS) is 1. The highest BCUT2D eigenvalue weighted by atomic mass is 16.4. The second-order valence-corrected chi connectivity index (χ2v) is 3.00. The van der Waals surface area contributed by atoms with E-state index in [-0.39, 0.29) is 5.69 Å². The minimum Gasteiger partial charge on any atom is -0.477 e. The summed E-state index contributed by atoms with van der Waals surface area (Å²) >= 11 is 0. The van der Waals surface area contributed by atoms with E-state index in [0.717, 1.165) is 0 Å². The number of hydrogen-bond acceptors (Lipinski definition) is 3. The molecule has 0 aliphatic carbocycles. The lowest BCUT2D eigenvalue weighted by Gasteiger charge is -2.00. The molecule has 0 aliphatic rings. The summed E-state index contributed by atoms with van der Waals surface area (Å²) in [6.45, 7) is 1.65. The Labute approximate surface area is 79.8 Å². The molecule has 0 radical (unpaired) electrons. The number of pyridine rings is 1. The van der Waals surface area contributed by atoms with Crippen LogP contribution in [0.1, 0.15) is 16.2 Å². The Morgan fingerprint density at radius 2 is 2.29 bits per heavy atom. The van der Waals surface area contributed by atoms with Gasteiger partial charge in [0, 0.05) is 0 Å². The lowest BCUT2D eigenvalue weighted by molar-refractivity contribution is 0.0688. The summed E-state index contributed by atoms with van der Waals surface area (Å²) < 4.78 is 1.43.